The molecular weight excluding hydrogens is 302 g/mol. The Morgan fingerprint density at radius 1 is 1.17 bits per heavy atom. The first-order valence-corrected chi connectivity index (χ1v) is 6.96. The summed E-state index contributed by atoms with van der Waals surface area (Å²) >= 11 is 0. The molecule has 124 valence electrons. The average Bonchev–Trinajstić information content (AvgIpc) is 2.57. The molecule has 0 bridgehead atoms. The van der Waals surface area contributed by atoms with E-state index in [0.29, 0.717) is 11.3 Å². The van der Waals surface area contributed by atoms with Gasteiger partial charge in [-0.05, 0) is 31.0 Å². The lowest BCUT2D eigenvalue weighted by Crippen LogP contribution is -2.38. The molecule has 2 rings (SSSR count). The summed E-state index contributed by atoms with van der Waals surface area (Å²) in [6.45, 7) is 3.56. The Labute approximate surface area is 134 Å². The third kappa shape index (κ3) is 3.00. The highest BCUT2D eigenvalue weighted by atomic mass is 16.5. The summed E-state index contributed by atoms with van der Waals surface area (Å²) in [7, 11) is 2.44. The molecule has 0 fully saturated rings. The quantitative estimate of drug-likeness (QED) is 0.842. The molecule has 7 heteroatoms. The van der Waals surface area contributed by atoms with Gasteiger partial charge in [0.1, 0.15) is 18.2 Å². The highest BCUT2D eigenvalue weighted by Gasteiger charge is 2.33. The van der Waals surface area contributed by atoms with Crippen molar-refractivity contribution in [2.24, 2.45) is 0 Å². The van der Waals surface area contributed by atoms with E-state index in [4.69, 9.17) is 14.2 Å². The molecule has 0 aliphatic carbocycles. The first-order valence-electron chi connectivity index (χ1n) is 6.96. The molecule has 0 atom stereocenters. The fourth-order valence-corrected chi connectivity index (χ4v) is 2.34. The van der Waals surface area contributed by atoms with Crippen molar-refractivity contribution in [2.45, 2.75) is 13.8 Å². The third-order valence-corrected chi connectivity index (χ3v) is 3.80. The van der Waals surface area contributed by atoms with Gasteiger partial charge in [-0.2, -0.15) is 0 Å². The van der Waals surface area contributed by atoms with Crippen LogP contribution in [0.1, 0.15) is 11.1 Å². The Kier molecular flexibility index (Phi) is 4.90. The Balaban J connectivity index is 2.62. The monoisotopic (exact) mass is 321 g/mol. The van der Waals surface area contributed by atoms with E-state index in [0.717, 1.165) is 5.56 Å². The molecule has 0 saturated heterocycles. The van der Waals surface area contributed by atoms with Gasteiger partial charge in [-0.25, -0.2) is 9.59 Å². The molecule has 1 aliphatic rings. The Morgan fingerprint density at radius 2 is 1.83 bits per heavy atom. The third-order valence-electron chi connectivity index (χ3n) is 3.80. The minimum atomic E-state index is -0.702. The largest absolute Gasteiger partial charge is 0.505 e. The van der Waals surface area contributed by atoms with Crippen molar-refractivity contribution >= 4 is 17.6 Å². The number of carbonyl (C=O) groups is 2. The molecule has 1 heterocycles. The number of anilines is 1. The molecule has 0 radical (unpaired) electrons. The number of benzene rings is 1. The highest BCUT2D eigenvalue weighted by molar-refractivity contribution is 6.03. The fraction of sp³-hybridized carbons (Fsp3) is 0.375. The fourth-order valence-electron chi connectivity index (χ4n) is 2.34. The zero-order chi connectivity index (χ0) is 17.1. The van der Waals surface area contributed by atoms with Gasteiger partial charge in [-0.3, -0.25) is 0 Å². The van der Waals surface area contributed by atoms with Crippen LogP contribution in [0.3, 0.4) is 0 Å². The van der Waals surface area contributed by atoms with Gasteiger partial charge in [0, 0.05) is 0 Å². The number of carbonyl (C=O) groups excluding carboxylic acids is 2. The number of rotatable bonds is 3. The number of aryl methyl sites for hydroxylation is 1. The van der Waals surface area contributed by atoms with Gasteiger partial charge in [0.2, 0.25) is 0 Å². The summed E-state index contributed by atoms with van der Waals surface area (Å²) in [6, 6.07) is 3.47. The summed E-state index contributed by atoms with van der Waals surface area (Å²) in [5.74, 6) is -1.37. The normalized spacial score (nSPS) is 14.7. The number of ether oxygens (including phenoxy) is 3. The van der Waals surface area contributed by atoms with E-state index in [1.807, 2.05) is 13.0 Å². The lowest BCUT2D eigenvalue weighted by atomic mass is 10.1. The molecule has 1 aromatic rings. The lowest BCUT2D eigenvalue weighted by molar-refractivity contribution is -0.140. The van der Waals surface area contributed by atoms with Gasteiger partial charge in [-0.15, -0.1) is 0 Å². The first-order chi connectivity index (χ1) is 10.9. The first kappa shape index (κ1) is 16.8. The summed E-state index contributed by atoms with van der Waals surface area (Å²) in [5, 5.41) is 10.4. The lowest BCUT2D eigenvalue weighted by Gasteiger charge is -2.32. The standard InChI is InChI=1S/C16H19NO6/c1-9-5-6-12(14(18)10(9)2)17-8-23-7-11(15(19)21-3)13(17)16(20)22-4/h5-6,18H,7-8H2,1-4H3. The van der Waals surface area contributed by atoms with Crippen molar-refractivity contribution < 1.29 is 28.9 Å². The van der Waals surface area contributed by atoms with E-state index in [1.54, 1.807) is 13.0 Å². The van der Waals surface area contributed by atoms with E-state index in [1.165, 1.54) is 19.1 Å². The summed E-state index contributed by atoms with van der Waals surface area (Å²) < 4.78 is 14.8. The number of phenols is 1. The van der Waals surface area contributed by atoms with Crippen molar-refractivity contribution in [1.29, 1.82) is 0 Å². The number of aromatic hydroxyl groups is 1. The predicted molar refractivity (Wildman–Crippen MR) is 81.9 cm³/mol. The number of phenolic OH excluding ortho intramolecular Hbond substituents is 1. The Bertz CT molecular complexity index is 679. The molecule has 0 saturated carbocycles. The van der Waals surface area contributed by atoms with Crippen LogP contribution < -0.4 is 4.90 Å². The molecule has 0 unspecified atom stereocenters. The van der Waals surface area contributed by atoms with Crippen LogP contribution in [0.2, 0.25) is 0 Å². The molecule has 23 heavy (non-hydrogen) atoms. The maximum absolute atomic E-state index is 12.2. The second-order valence-electron chi connectivity index (χ2n) is 5.09. The van der Waals surface area contributed by atoms with Crippen molar-refractivity contribution in [3.8, 4) is 5.75 Å². The molecule has 1 aromatic carbocycles. The molecule has 0 amide bonds. The average molecular weight is 321 g/mol. The minimum absolute atomic E-state index is 0.000981. The second-order valence-corrected chi connectivity index (χ2v) is 5.09. The van der Waals surface area contributed by atoms with Gasteiger partial charge in [0.05, 0.1) is 32.1 Å². The molecule has 7 nitrogen and oxygen atoms in total. The number of hydrogen-bond acceptors (Lipinski definition) is 7. The van der Waals surface area contributed by atoms with Crippen LogP contribution in [0.15, 0.2) is 23.4 Å². The van der Waals surface area contributed by atoms with Crippen LogP contribution in [-0.2, 0) is 23.8 Å². The zero-order valence-corrected chi connectivity index (χ0v) is 13.5. The number of methoxy groups -OCH3 is 2. The number of hydrogen-bond donors (Lipinski definition) is 1. The van der Waals surface area contributed by atoms with Gasteiger partial charge in [0.15, 0.2) is 0 Å². The second kappa shape index (κ2) is 6.70. The molecule has 0 spiro atoms. The zero-order valence-electron chi connectivity index (χ0n) is 13.5. The van der Waals surface area contributed by atoms with E-state index in [-0.39, 0.29) is 30.4 Å². The number of esters is 2. The summed E-state index contributed by atoms with van der Waals surface area (Å²) in [5.41, 5.74) is 1.99. The van der Waals surface area contributed by atoms with Crippen LogP contribution >= 0.6 is 0 Å². The SMILES string of the molecule is COC(=O)C1=C(C(=O)OC)N(c2ccc(C)c(C)c2O)COC1. The Hall–Kier alpha value is -2.54. The van der Waals surface area contributed by atoms with Crippen molar-refractivity contribution in [3.05, 3.63) is 34.5 Å². The van der Waals surface area contributed by atoms with Crippen LogP contribution in [0.5, 0.6) is 5.75 Å². The van der Waals surface area contributed by atoms with Crippen molar-refractivity contribution in [3.63, 3.8) is 0 Å². The van der Waals surface area contributed by atoms with Crippen LogP contribution in [-0.4, -0.2) is 44.6 Å². The van der Waals surface area contributed by atoms with Crippen LogP contribution in [0, 0.1) is 13.8 Å². The molecular formula is C16H19NO6. The van der Waals surface area contributed by atoms with Gasteiger partial charge >= 0.3 is 11.9 Å². The van der Waals surface area contributed by atoms with Crippen LogP contribution in [0.25, 0.3) is 0 Å². The number of nitrogens with zero attached hydrogens (tertiary/aromatic N) is 1. The van der Waals surface area contributed by atoms with Gasteiger partial charge < -0.3 is 24.2 Å². The van der Waals surface area contributed by atoms with Crippen LogP contribution in [0.4, 0.5) is 5.69 Å². The maximum atomic E-state index is 12.2. The topological polar surface area (TPSA) is 85.3 Å². The smallest absolute Gasteiger partial charge is 0.355 e. The van der Waals surface area contributed by atoms with Gasteiger partial charge in [0.25, 0.3) is 0 Å². The van der Waals surface area contributed by atoms with E-state index >= 15 is 0 Å². The van der Waals surface area contributed by atoms with Crippen molar-refractivity contribution in [2.75, 3.05) is 32.5 Å². The molecule has 0 aromatic heterocycles. The maximum Gasteiger partial charge on any atom is 0.355 e. The van der Waals surface area contributed by atoms with Gasteiger partial charge in [-0.1, -0.05) is 6.07 Å². The van der Waals surface area contributed by atoms with E-state index in [2.05, 4.69) is 0 Å². The van der Waals surface area contributed by atoms with Crippen molar-refractivity contribution in [1.82, 2.24) is 0 Å². The molecule has 1 N–H and O–H groups in total. The van der Waals surface area contributed by atoms with E-state index < -0.39 is 11.9 Å². The minimum Gasteiger partial charge on any atom is -0.505 e. The Morgan fingerprint density at radius 3 is 2.43 bits per heavy atom. The predicted octanol–water partition coefficient (Wildman–Crippen LogP) is 1.40. The summed E-state index contributed by atoms with van der Waals surface area (Å²) in [6.07, 6.45) is 0. The highest BCUT2D eigenvalue weighted by Crippen LogP contribution is 2.36. The molecule has 1 aliphatic heterocycles. The summed E-state index contributed by atoms with van der Waals surface area (Å²) in [4.78, 5) is 25.5. The van der Waals surface area contributed by atoms with E-state index in [9.17, 15) is 14.7 Å².